The highest BCUT2D eigenvalue weighted by atomic mass is 32.2. The number of carbonyl (C=O) groups excluding carboxylic acids is 1. The summed E-state index contributed by atoms with van der Waals surface area (Å²) in [5, 5.41) is 5.85. The van der Waals surface area contributed by atoms with Crippen molar-refractivity contribution in [3.63, 3.8) is 0 Å². The number of nitrogens with one attached hydrogen (secondary N) is 2. The van der Waals surface area contributed by atoms with Gasteiger partial charge in [0.2, 0.25) is 10.0 Å². The molecule has 2 fully saturated rings. The lowest BCUT2D eigenvalue weighted by Gasteiger charge is -2.36. The van der Waals surface area contributed by atoms with Crippen LogP contribution >= 0.6 is 0 Å². The molecule has 0 aromatic heterocycles. The van der Waals surface area contributed by atoms with E-state index >= 15 is 0 Å². The predicted molar refractivity (Wildman–Crippen MR) is 97.9 cm³/mol. The van der Waals surface area contributed by atoms with Crippen LogP contribution in [-0.2, 0) is 10.0 Å². The summed E-state index contributed by atoms with van der Waals surface area (Å²) >= 11 is 0. The molecule has 1 atom stereocenters. The van der Waals surface area contributed by atoms with Gasteiger partial charge in [0.05, 0.1) is 6.26 Å². The predicted octanol–water partition coefficient (Wildman–Crippen LogP) is 1.90. The van der Waals surface area contributed by atoms with Crippen molar-refractivity contribution in [2.45, 2.75) is 37.6 Å². The molecule has 0 bridgehead atoms. The van der Waals surface area contributed by atoms with Crippen LogP contribution in [0.5, 0.6) is 0 Å². The minimum atomic E-state index is -3.19. The fraction of sp³-hybridized carbons (Fsp3) is 0.611. The van der Waals surface area contributed by atoms with Gasteiger partial charge in [0, 0.05) is 25.7 Å². The van der Waals surface area contributed by atoms with Crippen LogP contribution in [0.1, 0.15) is 37.2 Å². The quantitative estimate of drug-likeness (QED) is 0.836. The number of carbonyl (C=O) groups is 1. The van der Waals surface area contributed by atoms with Crippen LogP contribution in [0.2, 0.25) is 0 Å². The van der Waals surface area contributed by atoms with Gasteiger partial charge in [0.15, 0.2) is 0 Å². The number of rotatable bonds is 5. The third-order valence-corrected chi connectivity index (χ3v) is 6.52. The second-order valence-electron chi connectivity index (χ2n) is 7.26. The van der Waals surface area contributed by atoms with Crippen molar-refractivity contribution in [2.24, 2.45) is 5.92 Å². The first kappa shape index (κ1) is 18.2. The molecule has 1 unspecified atom stereocenters. The maximum Gasteiger partial charge on any atom is 0.315 e. The van der Waals surface area contributed by atoms with Crippen LogP contribution < -0.4 is 10.6 Å². The summed E-state index contributed by atoms with van der Waals surface area (Å²) < 4.78 is 24.7. The first-order chi connectivity index (χ1) is 11.9. The fourth-order valence-corrected chi connectivity index (χ4v) is 4.65. The second kappa shape index (κ2) is 7.74. The number of sulfonamides is 1. The molecule has 1 heterocycles. The maximum atomic E-state index is 12.1. The van der Waals surface area contributed by atoms with Gasteiger partial charge in [0.1, 0.15) is 0 Å². The van der Waals surface area contributed by atoms with Crippen molar-refractivity contribution in [1.82, 2.24) is 14.9 Å². The molecule has 3 rings (SSSR count). The van der Waals surface area contributed by atoms with E-state index in [9.17, 15) is 13.2 Å². The SMILES string of the molecule is CS(=O)(=O)N1CCCC(NC(=O)NCC2CC(c3ccccc3)C2)C1. The van der Waals surface area contributed by atoms with E-state index in [4.69, 9.17) is 0 Å². The lowest BCUT2D eigenvalue weighted by Crippen LogP contribution is -2.52. The van der Waals surface area contributed by atoms with E-state index in [0.717, 1.165) is 25.7 Å². The molecule has 1 saturated carbocycles. The minimum Gasteiger partial charge on any atom is -0.338 e. The van der Waals surface area contributed by atoms with Gasteiger partial charge in [0.25, 0.3) is 0 Å². The topological polar surface area (TPSA) is 78.5 Å². The van der Waals surface area contributed by atoms with Crippen LogP contribution in [-0.4, -0.2) is 50.7 Å². The molecule has 2 aliphatic rings. The average Bonchev–Trinajstić information content (AvgIpc) is 2.54. The molecule has 1 aliphatic carbocycles. The molecule has 1 aliphatic heterocycles. The lowest BCUT2D eigenvalue weighted by molar-refractivity contribution is 0.214. The third kappa shape index (κ3) is 4.95. The molecule has 0 radical (unpaired) electrons. The van der Waals surface area contributed by atoms with E-state index in [1.165, 1.54) is 16.1 Å². The lowest BCUT2D eigenvalue weighted by atomic mass is 9.71. The molecular weight excluding hydrogens is 338 g/mol. The molecule has 2 N–H and O–H groups in total. The number of nitrogens with zero attached hydrogens (tertiary/aromatic N) is 1. The molecule has 6 nitrogen and oxygen atoms in total. The van der Waals surface area contributed by atoms with E-state index in [-0.39, 0.29) is 12.1 Å². The molecule has 0 spiro atoms. The van der Waals surface area contributed by atoms with Gasteiger partial charge >= 0.3 is 6.03 Å². The summed E-state index contributed by atoms with van der Waals surface area (Å²) in [5.41, 5.74) is 1.38. The Labute approximate surface area is 150 Å². The molecule has 2 amide bonds. The van der Waals surface area contributed by atoms with E-state index in [0.29, 0.717) is 31.5 Å². The van der Waals surface area contributed by atoms with Crippen LogP contribution in [0.3, 0.4) is 0 Å². The van der Waals surface area contributed by atoms with Crippen LogP contribution in [0.4, 0.5) is 4.79 Å². The standard InChI is InChI=1S/C18H27N3O3S/c1-25(23,24)21-9-5-8-17(13-21)20-18(22)19-12-14-10-16(11-14)15-6-3-2-4-7-15/h2-4,6-7,14,16-17H,5,8-13H2,1H3,(H2,19,20,22). The van der Waals surface area contributed by atoms with Crippen molar-refractivity contribution < 1.29 is 13.2 Å². The zero-order valence-electron chi connectivity index (χ0n) is 14.6. The van der Waals surface area contributed by atoms with Crippen LogP contribution in [0.15, 0.2) is 30.3 Å². The van der Waals surface area contributed by atoms with Crippen molar-refractivity contribution in [3.8, 4) is 0 Å². The largest absolute Gasteiger partial charge is 0.338 e. The Hall–Kier alpha value is -1.60. The number of piperidine rings is 1. The molecule has 1 saturated heterocycles. The summed E-state index contributed by atoms with van der Waals surface area (Å²) in [6.07, 6.45) is 5.03. The summed E-state index contributed by atoms with van der Waals surface area (Å²) in [6.45, 7) is 1.59. The van der Waals surface area contributed by atoms with Crippen molar-refractivity contribution >= 4 is 16.1 Å². The summed E-state index contributed by atoms with van der Waals surface area (Å²) in [4.78, 5) is 12.1. The molecule has 138 valence electrons. The van der Waals surface area contributed by atoms with Gasteiger partial charge in [-0.15, -0.1) is 0 Å². The van der Waals surface area contributed by atoms with Gasteiger partial charge in [-0.1, -0.05) is 30.3 Å². The first-order valence-electron chi connectivity index (χ1n) is 8.96. The Balaban J connectivity index is 1.36. The number of hydrogen-bond donors (Lipinski definition) is 2. The molecule has 7 heteroatoms. The third-order valence-electron chi connectivity index (χ3n) is 5.25. The van der Waals surface area contributed by atoms with E-state index in [2.05, 4.69) is 34.9 Å². The second-order valence-corrected chi connectivity index (χ2v) is 9.24. The minimum absolute atomic E-state index is 0.109. The smallest absolute Gasteiger partial charge is 0.315 e. The highest BCUT2D eigenvalue weighted by Crippen LogP contribution is 2.40. The summed E-state index contributed by atoms with van der Waals surface area (Å²) in [5.74, 6) is 1.13. The normalized spacial score (nSPS) is 27.3. The van der Waals surface area contributed by atoms with E-state index in [1.54, 1.807) is 0 Å². The number of amides is 2. The van der Waals surface area contributed by atoms with Crippen LogP contribution in [0, 0.1) is 5.92 Å². The van der Waals surface area contributed by atoms with Crippen molar-refractivity contribution in [3.05, 3.63) is 35.9 Å². The molecule has 1 aromatic rings. The molecule has 1 aromatic carbocycles. The molecule has 25 heavy (non-hydrogen) atoms. The average molecular weight is 365 g/mol. The Morgan fingerprint density at radius 3 is 2.64 bits per heavy atom. The zero-order valence-corrected chi connectivity index (χ0v) is 15.5. The fourth-order valence-electron chi connectivity index (χ4n) is 3.73. The summed E-state index contributed by atoms with van der Waals surface area (Å²) in [7, 11) is -3.19. The highest BCUT2D eigenvalue weighted by molar-refractivity contribution is 7.88. The van der Waals surface area contributed by atoms with Gasteiger partial charge in [-0.2, -0.15) is 0 Å². The monoisotopic (exact) mass is 365 g/mol. The first-order valence-corrected chi connectivity index (χ1v) is 10.8. The van der Waals surface area contributed by atoms with Gasteiger partial charge in [-0.3, -0.25) is 0 Å². The highest BCUT2D eigenvalue weighted by Gasteiger charge is 2.31. The Morgan fingerprint density at radius 1 is 1.24 bits per heavy atom. The number of urea groups is 1. The van der Waals surface area contributed by atoms with Gasteiger partial charge in [-0.25, -0.2) is 17.5 Å². The number of hydrogen-bond acceptors (Lipinski definition) is 3. The van der Waals surface area contributed by atoms with E-state index < -0.39 is 10.0 Å². The zero-order chi connectivity index (χ0) is 17.9. The van der Waals surface area contributed by atoms with Crippen LogP contribution in [0.25, 0.3) is 0 Å². The van der Waals surface area contributed by atoms with Gasteiger partial charge in [-0.05, 0) is 43.1 Å². The Kier molecular flexibility index (Phi) is 5.64. The Morgan fingerprint density at radius 2 is 1.96 bits per heavy atom. The van der Waals surface area contributed by atoms with Crippen molar-refractivity contribution in [2.75, 3.05) is 25.9 Å². The van der Waals surface area contributed by atoms with Gasteiger partial charge < -0.3 is 10.6 Å². The van der Waals surface area contributed by atoms with Crippen molar-refractivity contribution in [1.29, 1.82) is 0 Å². The Bertz CT molecular complexity index is 687. The summed E-state index contributed by atoms with van der Waals surface area (Å²) in [6, 6.07) is 10.2. The number of benzene rings is 1. The molecular formula is C18H27N3O3S. The van der Waals surface area contributed by atoms with E-state index in [1.807, 2.05) is 6.07 Å². The maximum absolute atomic E-state index is 12.1.